The zero-order chi connectivity index (χ0) is 16.1. The molecule has 1 aromatic heterocycles. The molecule has 0 aliphatic heterocycles. The lowest BCUT2D eigenvalue weighted by Gasteiger charge is -2.08. The molecule has 22 heavy (non-hydrogen) atoms. The summed E-state index contributed by atoms with van der Waals surface area (Å²) in [4.78, 5) is 0. The van der Waals surface area contributed by atoms with Gasteiger partial charge in [-0.1, -0.05) is 36.2 Å². The lowest BCUT2D eigenvalue weighted by atomic mass is 10.2. The summed E-state index contributed by atoms with van der Waals surface area (Å²) >= 11 is 17.3. The van der Waals surface area contributed by atoms with Gasteiger partial charge in [0.25, 0.3) is 0 Å². The molecule has 2 rings (SSSR count). The van der Waals surface area contributed by atoms with Crippen molar-refractivity contribution in [3.8, 4) is 0 Å². The minimum absolute atomic E-state index is 0.580. The Bertz CT molecular complexity index is 670. The lowest BCUT2D eigenvalue weighted by Crippen LogP contribution is -2.29. The summed E-state index contributed by atoms with van der Waals surface area (Å²) in [6, 6.07) is 7.42. The highest BCUT2D eigenvalue weighted by atomic mass is 35.5. The molecule has 0 aliphatic rings. The zero-order valence-electron chi connectivity index (χ0n) is 12.5. The first-order chi connectivity index (χ1) is 10.5. The normalized spacial score (nSPS) is 10.5. The van der Waals surface area contributed by atoms with Crippen LogP contribution in [0.4, 0.5) is 5.82 Å². The standard InChI is InChI=1S/C15H18Cl2N4S/c1-3-6-18-15(22)19-14-7-10(2)21(20-14)9-11-4-5-12(16)8-13(11)17/h4-5,7-8H,3,6,9H2,1-2H3,(H2,18,19,20,22). The number of aromatic nitrogens is 2. The first kappa shape index (κ1) is 17.1. The van der Waals surface area contributed by atoms with Crippen molar-refractivity contribution in [1.82, 2.24) is 15.1 Å². The molecule has 0 fully saturated rings. The fraction of sp³-hybridized carbons (Fsp3) is 0.333. The van der Waals surface area contributed by atoms with Crippen molar-refractivity contribution in [2.45, 2.75) is 26.8 Å². The third kappa shape index (κ3) is 4.60. The number of nitrogens with one attached hydrogen (secondary N) is 2. The van der Waals surface area contributed by atoms with E-state index in [4.69, 9.17) is 35.4 Å². The number of benzene rings is 1. The Morgan fingerprint density at radius 3 is 2.77 bits per heavy atom. The van der Waals surface area contributed by atoms with E-state index in [1.54, 1.807) is 6.07 Å². The molecular formula is C15H18Cl2N4S. The molecule has 0 amide bonds. The molecule has 0 saturated carbocycles. The van der Waals surface area contributed by atoms with E-state index in [0.717, 1.165) is 30.0 Å². The second kappa shape index (κ2) is 7.81. The summed E-state index contributed by atoms with van der Waals surface area (Å²) in [5, 5.41) is 12.5. The lowest BCUT2D eigenvalue weighted by molar-refractivity contribution is 0.668. The quantitative estimate of drug-likeness (QED) is 0.786. The van der Waals surface area contributed by atoms with Gasteiger partial charge in [0.05, 0.1) is 6.54 Å². The van der Waals surface area contributed by atoms with Gasteiger partial charge in [-0.05, 0) is 43.3 Å². The Balaban J connectivity index is 2.08. The van der Waals surface area contributed by atoms with Gasteiger partial charge in [0, 0.05) is 28.4 Å². The van der Waals surface area contributed by atoms with E-state index in [0.29, 0.717) is 21.7 Å². The van der Waals surface area contributed by atoms with E-state index in [1.165, 1.54) is 0 Å². The monoisotopic (exact) mass is 356 g/mol. The molecule has 2 aromatic rings. The summed E-state index contributed by atoms with van der Waals surface area (Å²) < 4.78 is 1.87. The van der Waals surface area contributed by atoms with Crippen molar-refractivity contribution < 1.29 is 0 Å². The highest BCUT2D eigenvalue weighted by Crippen LogP contribution is 2.22. The number of hydrogen-bond donors (Lipinski definition) is 2. The summed E-state index contributed by atoms with van der Waals surface area (Å²) in [7, 11) is 0. The third-order valence-electron chi connectivity index (χ3n) is 3.09. The number of nitrogens with zero attached hydrogens (tertiary/aromatic N) is 2. The van der Waals surface area contributed by atoms with E-state index in [-0.39, 0.29) is 0 Å². The summed E-state index contributed by atoms with van der Waals surface area (Å²) in [6.45, 7) is 5.50. The van der Waals surface area contributed by atoms with Crippen molar-refractivity contribution in [2.24, 2.45) is 0 Å². The maximum absolute atomic E-state index is 6.21. The van der Waals surface area contributed by atoms with Crippen molar-refractivity contribution in [2.75, 3.05) is 11.9 Å². The first-order valence-corrected chi connectivity index (χ1v) is 8.19. The molecule has 0 saturated heterocycles. The van der Waals surface area contributed by atoms with Crippen LogP contribution in [0.2, 0.25) is 10.0 Å². The second-order valence-electron chi connectivity index (χ2n) is 4.95. The highest BCUT2D eigenvalue weighted by molar-refractivity contribution is 7.80. The van der Waals surface area contributed by atoms with E-state index in [2.05, 4.69) is 22.7 Å². The Morgan fingerprint density at radius 1 is 1.32 bits per heavy atom. The van der Waals surface area contributed by atoms with Crippen LogP contribution in [-0.4, -0.2) is 21.4 Å². The molecule has 2 N–H and O–H groups in total. The third-order valence-corrected chi connectivity index (χ3v) is 3.93. The van der Waals surface area contributed by atoms with Crippen LogP contribution in [0.3, 0.4) is 0 Å². The van der Waals surface area contributed by atoms with Gasteiger partial charge >= 0.3 is 0 Å². The van der Waals surface area contributed by atoms with E-state index in [9.17, 15) is 0 Å². The minimum Gasteiger partial charge on any atom is -0.362 e. The Morgan fingerprint density at radius 2 is 2.09 bits per heavy atom. The predicted octanol–water partition coefficient (Wildman–Crippen LogP) is 4.24. The smallest absolute Gasteiger partial charge is 0.171 e. The van der Waals surface area contributed by atoms with Crippen molar-refractivity contribution in [1.29, 1.82) is 0 Å². The van der Waals surface area contributed by atoms with Crippen LogP contribution in [0.1, 0.15) is 24.6 Å². The molecule has 1 aromatic carbocycles. The van der Waals surface area contributed by atoms with Gasteiger partial charge in [-0.3, -0.25) is 4.68 Å². The topological polar surface area (TPSA) is 41.9 Å². The van der Waals surface area contributed by atoms with Crippen LogP contribution in [0.15, 0.2) is 24.3 Å². The van der Waals surface area contributed by atoms with E-state index < -0.39 is 0 Å². The van der Waals surface area contributed by atoms with Crippen LogP contribution >= 0.6 is 35.4 Å². The first-order valence-electron chi connectivity index (χ1n) is 7.03. The molecule has 1 heterocycles. The number of anilines is 1. The number of thiocarbonyl (C=S) groups is 1. The van der Waals surface area contributed by atoms with Crippen LogP contribution in [0.25, 0.3) is 0 Å². The van der Waals surface area contributed by atoms with E-state index >= 15 is 0 Å². The minimum atomic E-state index is 0.580. The average Bonchev–Trinajstić information content (AvgIpc) is 2.79. The maximum Gasteiger partial charge on any atom is 0.171 e. The van der Waals surface area contributed by atoms with Crippen LogP contribution in [0, 0.1) is 6.92 Å². The molecule has 0 bridgehead atoms. The largest absolute Gasteiger partial charge is 0.362 e. The fourth-order valence-corrected chi connectivity index (χ4v) is 2.62. The van der Waals surface area contributed by atoms with Gasteiger partial charge in [-0.25, -0.2) is 0 Å². The zero-order valence-corrected chi connectivity index (χ0v) is 14.8. The molecule has 0 atom stereocenters. The maximum atomic E-state index is 6.21. The average molecular weight is 357 g/mol. The number of halogens is 2. The summed E-state index contributed by atoms with van der Waals surface area (Å²) in [5.41, 5.74) is 1.99. The van der Waals surface area contributed by atoms with Gasteiger partial charge in [-0.15, -0.1) is 0 Å². The molecular weight excluding hydrogens is 339 g/mol. The Labute approximate surface area is 145 Å². The van der Waals surface area contributed by atoms with Gasteiger partial charge in [-0.2, -0.15) is 5.10 Å². The van der Waals surface area contributed by atoms with E-state index in [1.807, 2.05) is 29.8 Å². The number of hydrogen-bond acceptors (Lipinski definition) is 2. The molecule has 0 radical (unpaired) electrons. The Hall–Kier alpha value is -1.30. The van der Waals surface area contributed by atoms with Gasteiger partial charge in [0.1, 0.15) is 0 Å². The van der Waals surface area contributed by atoms with Crippen LogP contribution in [0.5, 0.6) is 0 Å². The molecule has 0 unspecified atom stereocenters. The number of aryl methyl sites for hydroxylation is 1. The molecule has 0 aliphatic carbocycles. The van der Waals surface area contributed by atoms with Gasteiger partial charge in [0.15, 0.2) is 10.9 Å². The molecule has 4 nitrogen and oxygen atoms in total. The highest BCUT2D eigenvalue weighted by Gasteiger charge is 2.08. The molecule has 0 spiro atoms. The summed E-state index contributed by atoms with van der Waals surface area (Å²) in [5.74, 6) is 0.719. The fourth-order valence-electron chi connectivity index (χ4n) is 1.94. The van der Waals surface area contributed by atoms with Crippen LogP contribution in [-0.2, 0) is 6.54 Å². The van der Waals surface area contributed by atoms with Crippen LogP contribution < -0.4 is 10.6 Å². The van der Waals surface area contributed by atoms with Gasteiger partial charge < -0.3 is 10.6 Å². The molecule has 7 heteroatoms. The predicted molar refractivity (Wildman–Crippen MR) is 97.0 cm³/mol. The van der Waals surface area contributed by atoms with Crippen molar-refractivity contribution in [3.63, 3.8) is 0 Å². The summed E-state index contributed by atoms with van der Waals surface area (Å²) in [6.07, 6.45) is 1.02. The number of rotatable bonds is 5. The van der Waals surface area contributed by atoms with Crippen molar-refractivity contribution >= 4 is 46.4 Å². The van der Waals surface area contributed by atoms with Gasteiger partial charge in [0.2, 0.25) is 0 Å². The SMILES string of the molecule is CCCNC(=S)Nc1cc(C)n(Cc2ccc(Cl)cc2Cl)n1. The molecule has 118 valence electrons. The Kier molecular flexibility index (Phi) is 6.06. The second-order valence-corrected chi connectivity index (χ2v) is 6.20. The van der Waals surface area contributed by atoms with Crippen molar-refractivity contribution in [3.05, 3.63) is 45.6 Å².